The highest BCUT2D eigenvalue weighted by molar-refractivity contribution is 7.89. The Bertz CT molecular complexity index is 602. The van der Waals surface area contributed by atoms with Gasteiger partial charge in [0, 0.05) is 6.54 Å². The Morgan fingerprint density at radius 2 is 1.90 bits per heavy atom. The summed E-state index contributed by atoms with van der Waals surface area (Å²) in [5.74, 6) is -1.62. The molecule has 0 atom stereocenters. The molecule has 0 amide bonds. The Hall–Kier alpha value is -1.53. The van der Waals surface area contributed by atoms with Crippen LogP contribution in [0.25, 0.3) is 0 Å². The zero-order valence-corrected chi connectivity index (χ0v) is 10.3. The number of alkyl halides is 5. The summed E-state index contributed by atoms with van der Waals surface area (Å²) in [6.45, 7) is -0.640. The molecule has 0 unspecified atom stereocenters. The van der Waals surface area contributed by atoms with Crippen molar-refractivity contribution in [3.63, 3.8) is 0 Å². The van der Waals surface area contributed by atoms with Crippen LogP contribution in [0.1, 0.15) is 17.7 Å². The van der Waals surface area contributed by atoms with Crippen LogP contribution >= 0.6 is 0 Å². The van der Waals surface area contributed by atoms with E-state index >= 15 is 0 Å². The van der Waals surface area contributed by atoms with E-state index in [4.69, 9.17) is 5.73 Å². The summed E-state index contributed by atoms with van der Waals surface area (Å²) >= 11 is 0. The molecule has 12 heteroatoms. The Kier molecular flexibility index (Phi) is 4.51. The molecule has 0 aliphatic heterocycles. The summed E-state index contributed by atoms with van der Waals surface area (Å²) in [4.78, 5) is 1.96. The Morgan fingerprint density at radius 1 is 1.35 bits per heavy atom. The van der Waals surface area contributed by atoms with Crippen molar-refractivity contribution in [3.05, 3.63) is 17.5 Å². The maximum absolute atomic E-state index is 12.8. The van der Waals surface area contributed by atoms with E-state index in [-0.39, 0.29) is 0 Å². The lowest BCUT2D eigenvalue weighted by Crippen LogP contribution is -2.23. The number of nitrogens with two attached hydrogens (primary N) is 2. The first-order valence-corrected chi connectivity index (χ1v) is 6.30. The number of primary sulfonamides is 1. The highest BCUT2D eigenvalue weighted by Gasteiger charge is 2.37. The molecule has 1 aromatic rings. The van der Waals surface area contributed by atoms with Crippen LogP contribution in [-0.4, -0.2) is 19.8 Å². The number of rotatable bonds is 4. The van der Waals surface area contributed by atoms with Gasteiger partial charge in [0.25, 0.3) is 6.43 Å². The number of pyridine rings is 1. The third-order valence-corrected chi connectivity index (χ3v) is 2.96. The van der Waals surface area contributed by atoms with E-state index in [1.807, 2.05) is 0 Å². The molecule has 0 radical (unpaired) electrons. The molecule has 0 saturated heterocycles. The SMILES string of the molecule is NCc1ncc(S(N)(=O)=O)c(OC(F)(F)F)c1C(F)F. The maximum atomic E-state index is 12.8. The molecular formula is C8H8F5N3O3S. The molecular weight excluding hydrogens is 313 g/mol. The van der Waals surface area contributed by atoms with Crippen LogP contribution in [-0.2, 0) is 16.6 Å². The van der Waals surface area contributed by atoms with Gasteiger partial charge in [0.2, 0.25) is 10.0 Å². The van der Waals surface area contributed by atoms with Gasteiger partial charge >= 0.3 is 6.36 Å². The average Bonchev–Trinajstić information content (AvgIpc) is 2.23. The average molecular weight is 321 g/mol. The van der Waals surface area contributed by atoms with Gasteiger partial charge in [-0.3, -0.25) is 4.98 Å². The van der Waals surface area contributed by atoms with Crippen molar-refractivity contribution in [2.45, 2.75) is 24.2 Å². The van der Waals surface area contributed by atoms with E-state index < -0.39 is 51.3 Å². The number of hydrogen-bond donors (Lipinski definition) is 2. The molecule has 0 aliphatic rings. The lowest BCUT2D eigenvalue weighted by atomic mass is 10.2. The first-order valence-electron chi connectivity index (χ1n) is 4.76. The van der Waals surface area contributed by atoms with Gasteiger partial charge < -0.3 is 10.5 Å². The van der Waals surface area contributed by atoms with Gasteiger partial charge in [-0.1, -0.05) is 0 Å². The summed E-state index contributed by atoms with van der Waals surface area (Å²) in [5, 5.41) is 4.65. The quantitative estimate of drug-likeness (QED) is 0.805. The topological polar surface area (TPSA) is 108 Å². The summed E-state index contributed by atoms with van der Waals surface area (Å²) in [6.07, 6.45) is -8.50. The van der Waals surface area contributed by atoms with Crippen LogP contribution in [0.2, 0.25) is 0 Å². The molecule has 6 nitrogen and oxygen atoms in total. The Morgan fingerprint density at radius 3 is 2.25 bits per heavy atom. The monoisotopic (exact) mass is 321 g/mol. The first-order chi connectivity index (χ1) is 8.97. The molecule has 0 fully saturated rings. The van der Waals surface area contributed by atoms with Gasteiger partial charge in [-0.15, -0.1) is 13.2 Å². The summed E-state index contributed by atoms with van der Waals surface area (Å²) in [6, 6.07) is 0. The van der Waals surface area contributed by atoms with Crippen molar-refractivity contribution in [1.29, 1.82) is 0 Å². The number of sulfonamides is 1. The van der Waals surface area contributed by atoms with Crippen molar-refractivity contribution in [1.82, 2.24) is 4.98 Å². The predicted molar refractivity (Wildman–Crippen MR) is 55.1 cm³/mol. The second kappa shape index (κ2) is 5.46. The molecule has 114 valence electrons. The molecule has 20 heavy (non-hydrogen) atoms. The summed E-state index contributed by atoms with van der Waals surface area (Å²) in [5.41, 5.74) is 3.07. The number of aromatic nitrogens is 1. The fourth-order valence-electron chi connectivity index (χ4n) is 1.34. The second-order valence-electron chi connectivity index (χ2n) is 3.41. The second-order valence-corrected chi connectivity index (χ2v) is 4.94. The molecule has 1 heterocycles. The van der Waals surface area contributed by atoms with Gasteiger partial charge in [-0.25, -0.2) is 22.3 Å². The summed E-state index contributed by atoms with van der Waals surface area (Å²) < 4.78 is 88.0. The van der Waals surface area contributed by atoms with E-state index in [0.717, 1.165) is 0 Å². The van der Waals surface area contributed by atoms with Gasteiger partial charge in [-0.05, 0) is 0 Å². The lowest BCUT2D eigenvalue weighted by molar-refractivity contribution is -0.276. The van der Waals surface area contributed by atoms with Crippen molar-refractivity contribution in [3.8, 4) is 5.75 Å². The third-order valence-electron chi connectivity index (χ3n) is 2.05. The Balaban J connectivity index is 3.68. The first kappa shape index (κ1) is 16.5. The van der Waals surface area contributed by atoms with E-state index in [1.165, 1.54) is 0 Å². The van der Waals surface area contributed by atoms with E-state index in [9.17, 15) is 30.4 Å². The minimum Gasteiger partial charge on any atom is -0.404 e. The van der Waals surface area contributed by atoms with Gasteiger partial charge in [0.1, 0.15) is 4.90 Å². The highest BCUT2D eigenvalue weighted by Crippen LogP contribution is 2.38. The van der Waals surface area contributed by atoms with Crippen molar-refractivity contribution < 1.29 is 35.1 Å². The molecule has 0 bridgehead atoms. The normalized spacial score (nSPS) is 12.8. The zero-order valence-electron chi connectivity index (χ0n) is 9.49. The molecule has 0 aromatic carbocycles. The number of ether oxygens (including phenoxy) is 1. The largest absolute Gasteiger partial charge is 0.573 e. The van der Waals surface area contributed by atoms with E-state index in [1.54, 1.807) is 0 Å². The van der Waals surface area contributed by atoms with Crippen LogP contribution in [0.15, 0.2) is 11.1 Å². The van der Waals surface area contributed by atoms with Gasteiger partial charge in [-0.2, -0.15) is 0 Å². The fourth-order valence-corrected chi connectivity index (χ4v) is 1.95. The fraction of sp³-hybridized carbons (Fsp3) is 0.375. The van der Waals surface area contributed by atoms with Gasteiger partial charge in [0.05, 0.1) is 17.5 Å². The van der Waals surface area contributed by atoms with Crippen molar-refractivity contribution in [2.24, 2.45) is 10.9 Å². The standard InChI is InChI=1S/C8H8F5N3O3S/c9-7(10)5-3(1-14)16-2-4(20(15,17)18)6(5)19-8(11,12)13/h2,7H,1,14H2,(H2,15,17,18). The predicted octanol–water partition coefficient (Wildman–Crippen LogP) is 1.02. The zero-order chi connectivity index (χ0) is 15.7. The molecule has 0 saturated carbocycles. The Labute approximate surface area is 109 Å². The molecule has 4 N–H and O–H groups in total. The van der Waals surface area contributed by atoms with E-state index in [0.29, 0.717) is 6.20 Å². The van der Waals surface area contributed by atoms with Crippen LogP contribution in [0, 0.1) is 0 Å². The van der Waals surface area contributed by atoms with Crippen molar-refractivity contribution in [2.75, 3.05) is 0 Å². The number of halogens is 5. The van der Waals surface area contributed by atoms with Crippen LogP contribution < -0.4 is 15.6 Å². The van der Waals surface area contributed by atoms with Crippen LogP contribution in [0.3, 0.4) is 0 Å². The van der Waals surface area contributed by atoms with Gasteiger partial charge in [0.15, 0.2) is 5.75 Å². The molecule has 1 rings (SSSR count). The van der Waals surface area contributed by atoms with Crippen LogP contribution in [0.5, 0.6) is 5.75 Å². The highest BCUT2D eigenvalue weighted by atomic mass is 32.2. The van der Waals surface area contributed by atoms with Crippen molar-refractivity contribution >= 4 is 10.0 Å². The molecule has 1 aromatic heterocycles. The molecule has 0 spiro atoms. The van der Waals surface area contributed by atoms with Crippen LogP contribution in [0.4, 0.5) is 22.0 Å². The summed E-state index contributed by atoms with van der Waals surface area (Å²) in [7, 11) is -4.75. The minimum absolute atomic E-state index is 0.379. The molecule has 0 aliphatic carbocycles. The lowest BCUT2D eigenvalue weighted by Gasteiger charge is -2.17. The van der Waals surface area contributed by atoms with E-state index in [2.05, 4.69) is 14.9 Å². The smallest absolute Gasteiger partial charge is 0.404 e. The number of nitrogens with zero attached hydrogens (tertiary/aromatic N) is 1. The minimum atomic E-state index is -5.39. The third kappa shape index (κ3) is 3.74. The maximum Gasteiger partial charge on any atom is 0.573 e. The number of hydrogen-bond acceptors (Lipinski definition) is 5.